The van der Waals surface area contributed by atoms with Crippen molar-refractivity contribution in [1.29, 1.82) is 0 Å². The molecule has 158 valence electrons. The molecular weight excluding hydrogens is 430 g/mol. The Kier molecular flexibility index (Phi) is 7.17. The van der Waals surface area contributed by atoms with Crippen molar-refractivity contribution in [3.8, 4) is 0 Å². The Morgan fingerprint density at radius 2 is 1.80 bits per heavy atom. The summed E-state index contributed by atoms with van der Waals surface area (Å²) >= 11 is 7.54. The first-order valence-electron chi connectivity index (χ1n) is 9.17. The SMILES string of the molecule is CSc1ccc(Cl)c(C(=O)OCC(=O)N2CCN(c3ccc([N+](=O)[O-])cc3)CC2)c1. The van der Waals surface area contributed by atoms with Crippen LogP contribution in [0.2, 0.25) is 5.02 Å². The molecule has 0 saturated carbocycles. The van der Waals surface area contributed by atoms with Gasteiger partial charge in [-0.25, -0.2) is 4.79 Å². The number of hydrogen-bond acceptors (Lipinski definition) is 7. The lowest BCUT2D eigenvalue weighted by Gasteiger charge is -2.36. The van der Waals surface area contributed by atoms with Crippen LogP contribution >= 0.6 is 23.4 Å². The number of nitro benzene ring substituents is 1. The van der Waals surface area contributed by atoms with Crippen LogP contribution in [0.15, 0.2) is 47.4 Å². The second-order valence-corrected chi connectivity index (χ2v) is 7.85. The number of anilines is 1. The number of carbonyl (C=O) groups excluding carboxylic acids is 2. The molecule has 0 N–H and O–H groups in total. The number of carbonyl (C=O) groups is 2. The number of piperazine rings is 1. The minimum absolute atomic E-state index is 0.0394. The van der Waals surface area contributed by atoms with E-state index in [0.717, 1.165) is 10.6 Å². The van der Waals surface area contributed by atoms with Crippen LogP contribution in [-0.4, -0.2) is 60.7 Å². The van der Waals surface area contributed by atoms with Gasteiger partial charge in [0.15, 0.2) is 6.61 Å². The third-order valence-electron chi connectivity index (χ3n) is 4.78. The molecule has 0 spiro atoms. The number of rotatable bonds is 6. The number of amides is 1. The number of non-ortho nitro benzene ring substituents is 1. The summed E-state index contributed by atoms with van der Waals surface area (Å²) in [4.78, 5) is 39.6. The zero-order valence-corrected chi connectivity index (χ0v) is 17.8. The molecule has 30 heavy (non-hydrogen) atoms. The Bertz CT molecular complexity index is 946. The summed E-state index contributed by atoms with van der Waals surface area (Å²) in [5, 5.41) is 11.0. The van der Waals surface area contributed by atoms with Crippen LogP contribution < -0.4 is 4.90 Å². The number of nitrogens with zero attached hydrogens (tertiary/aromatic N) is 3. The number of thioether (sulfide) groups is 1. The maximum Gasteiger partial charge on any atom is 0.340 e. The fraction of sp³-hybridized carbons (Fsp3) is 0.300. The van der Waals surface area contributed by atoms with Crippen molar-refractivity contribution in [3.63, 3.8) is 0 Å². The van der Waals surface area contributed by atoms with Crippen molar-refractivity contribution in [2.24, 2.45) is 0 Å². The maximum atomic E-state index is 12.4. The predicted octanol–water partition coefficient (Wildman–Crippen LogP) is 3.48. The van der Waals surface area contributed by atoms with E-state index in [0.29, 0.717) is 26.2 Å². The third kappa shape index (κ3) is 5.22. The van der Waals surface area contributed by atoms with Crippen molar-refractivity contribution >= 4 is 46.6 Å². The molecular formula is C20H20ClN3O5S. The third-order valence-corrected chi connectivity index (χ3v) is 5.83. The van der Waals surface area contributed by atoms with E-state index in [1.165, 1.54) is 23.9 Å². The molecule has 2 aromatic rings. The second kappa shape index (κ2) is 9.82. The van der Waals surface area contributed by atoms with Gasteiger partial charge >= 0.3 is 5.97 Å². The van der Waals surface area contributed by atoms with E-state index in [4.69, 9.17) is 16.3 Å². The number of hydrogen-bond donors (Lipinski definition) is 0. The highest BCUT2D eigenvalue weighted by Crippen LogP contribution is 2.24. The monoisotopic (exact) mass is 449 g/mol. The normalized spacial score (nSPS) is 13.8. The standard InChI is InChI=1S/C20H20ClN3O5S/c1-30-16-6-7-18(21)17(12-16)20(26)29-13-19(25)23-10-8-22(9-11-23)14-2-4-15(5-3-14)24(27)28/h2-7,12H,8-11,13H2,1H3. The molecule has 1 saturated heterocycles. The predicted molar refractivity (Wildman–Crippen MR) is 115 cm³/mol. The van der Waals surface area contributed by atoms with E-state index in [2.05, 4.69) is 0 Å². The molecule has 0 atom stereocenters. The van der Waals surface area contributed by atoms with Gasteiger partial charge in [0.1, 0.15) is 0 Å². The fourth-order valence-electron chi connectivity index (χ4n) is 3.08. The van der Waals surface area contributed by atoms with Crippen molar-refractivity contribution in [2.75, 3.05) is 43.9 Å². The van der Waals surface area contributed by atoms with Crippen LogP contribution in [0.4, 0.5) is 11.4 Å². The van der Waals surface area contributed by atoms with Gasteiger partial charge in [0.25, 0.3) is 11.6 Å². The average molecular weight is 450 g/mol. The molecule has 1 aliphatic heterocycles. The molecule has 0 unspecified atom stereocenters. The summed E-state index contributed by atoms with van der Waals surface area (Å²) in [6, 6.07) is 11.4. The minimum atomic E-state index is -0.631. The van der Waals surface area contributed by atoms with Crippen molar-refractivity contribution < 1.29 is 19.2 Å². The first-order valence-corrected chi connectivity index (χ1v) is 10.8. The lowest BCUT2D eigenvalue weighted by molar-refractivity contribution is -0.384. The Morgan fingerprint density at radius 3 is 2.40 bits per heavy atom. The summed E-state index contributed by atoms with van der Waals surface area (Å²) in [6.45, 7) is 1.75. The molecule has 8 nitrogen and oxygen atoms in total. The van der Waals surface area contributed by atoms with Gasteiger partial charge in [0.05, 0.1) is 15.5 Å². The van der Waals surface area contributed by atoms with Gasteiger partial charge in [-0.05, 0) is 36.6 Å². The smallest absolute Gasteiger partial charge is 0.340 e. The number of esters is 1. The van der Waals surface area contributed by atoms with Crippen LogP contribution in [0.25, 0.3) is 0 Å². The van der Waals surface area contributed by atoms with E-state index in [1.54, 1.807) is 35.2 Å². The van der Waals surface area contributed by atoms with E-state index < -0.39 is 10.9 Å². The van der Waals surface area contributed by atoms with Gasteiger partial charge < -0.3 is 14.5 Å². The van der Waals surface area contributed by atoms with Gasteiger partial charge in [0.2, 0.25) is 0 Å². The van der Waals surface area contributed by atoms with Crippen molar-refractivity contribution in [1.82, 2.24) is 4.90 Å². The summed E-state index contributed by atoms with van der Waals surface area (Å²) in [7, 11) is 0. The molecule has 0 bridgehead atoms. The Hall–Kier alpha value is -2.78. The van der Waals surface area contributed by atoms with Gasteiger partial charge in [-0.1, -0.05) is 11.6 Å². The van der Waals surface area contributed by atoms with Crippen LogP contribution in [0.5, 0.6) is 0 Å². The number of halogens is 1. The molecule has 0 radical (unpaired) electrons. The first-order chi connectivity index (χ1) is 14.4. The lowest BCUT2D eigenvalue weighted by atomic mass is 10.2. The molecule has 1 amide bonds. The van der Waals surface area contributed by atoms with Crippen molar-refractivity contribution in [2.45, 2.75) is 4.90 Å². The highest BCUT2D eigenvalue weighted by molar-refractivity contribution is 7.98. The Morgan fingerprint density at radius 1 is 1.13 bits per heavy atom. The second-order valence-electron chi connectivity index (χ2n) is 6.56. The molecule has 1 heterocycles. The highest BCUT2D eigenvalue weighted by Gasteiger charge is 2.23. The molecule has 3 rings (SSSR count). The van der Waals surface area contributed by atoms with Crippen LogP contribution in [0.3, 0.4) is 0 Å². The summed E-state index contributed by atoms with van der Waals surface area (Å²) in [5.41, 5.74) is 1.14. The molecule has 10 heteroatoms. The number of benzene rings is 2. The minimum Gasteiger partial charge on any atom is -0.452 e. The van der Waals surface area contributed by atoms with E-state index in [9.17, 15) is 19.7 Å². The Balaban J connectivity index is 1.50. The van der Waals surface area contributed by atoms with Gasteiger partial charge in [-0.15, -0.1) is 11.8 Å². The quantitative estimate of drug-likeness (QED) is 0.288. The summed E-state index contributed by atoms with van der Waals surface area (Å²) in [6.07, 6.45) is 1.89. The molecule has 0 aromatic heterocycles. The maximum absolute atomic E-state index is 12.4. The topological polar surface area (TPSA) is 93.0 Å². The molecule has 0 aliphatic carbocycles. The average Bonchev–Trinajstić information content (AvgIpc) is 2.77. The first kappa shape index (κ1) is 21.9. The largest absolute Gasteiger partial charge is 0.452 e. The fourth-order valence-corrected chi connectivity index (χ4v) is 3.72. The number of nitro groups is 1. The van der Waals surface area contributed by atoms with Crippen LogP contribution in [0.1, 0.15) is 10.4 Å². The van der Waals surface area contributed by atoms with Gasteiger partial charge in [0, 0.05) is 48.9 Å². The van der Waals surface area contributed by atoms with E-state index >= 15 is 0 Å². The van der Waals surface area contributed by atoms with Gasteiger partial charge in [-0.2, -0.15) is 0 Å². The highest BCUT2D eigenvalue weighted by atomic mass is 35.5. The molecule has 2 aromatic carbocycles. The van der Waals surface area contributed by atoms with Crippen LogP contribution in [0, 0.1) is 10.1 Å². The van der Waals surface area contributed by atoms with E-state index in [-0.39, 0.29) is 28.8 Å². The van der Waals surface area contributed by atoms with Crippen molar-refractivity contribution in [3.05, 3.63) is 63.2 Å². The zero-order chi connectivity index (χ0) is 21.7. The summed E-state index contributed by atoms with van der Waals surface area (Å²) in [5.74, 6) is -0.905. The lowest BCUT2D eigenvalue weighted by Crippen LogP contribution is -2.49. The number of ether oxygens (including phenoxy) is 1. The Labute approximate surface area is 182 Å². The van der Waals surface area contributed by atoms with Crippen LogP contribution in [-0.2, 0) is 9.53 Å². The van der Waals surface area contributed by atoms with E-state index in [1.807, 2.05) is 11.2 Å². The van der Waals surface area contributed by atoms with Gasteiger partial charge in [-0.3, -0.25) is 14.9 Å². The zero-order valence-electron chi connectivity index (χ0n) is 16.2. The summed E-state index contributed by atoms with van der Waals surface area (Å²) < 4.78 is 5.17. The molecule has 1 fully saturated rings. The molecule has 1 aliphatic rings.